The van der Waals surface area contributed by atoms with Crippen LogP contribution >= 0.6 is 0 Å². The minimum absolute atomic E-state index is 0.234. The fraction of sp³-hybridized carbons (Fsp3) is 0.769. The SMILES string of the molecule is Cc1nn(C)c(C)c1S(=O)(=O)NCCOC1CCNCC1. The highest BCUT2D eigenvalue weighted by Gasteiger charge is 2.23. The summed E-state index contributed by atoms with van der Waals surface area (Å²) in [5, 5.41) is 7.40. The Hall–Kier alpha value is -0.960. The van der Waals surface area contributed by atoms with Gasteiger partial charge in [-0.25, -0.2) is 13.1 Å². The van der Waals surface area contributed by atoms with Crippen LogP contribution in [0.4, 0.5) is 0 Å². The molecule has 7 nitrogen and oxygen atoms in total. The summed E-state index contributed by atoms with van der Waals surface area (Å²) in [5.74, 6) is 0. The highest BCUT2D eigenvalue weighted by Crippen LogP contribution is 2.18. The summed E-state index contributed by atoms with van der Waals surface area (Å²) >= 11 is 0. The van der Waals surface area contributed by atoms with E-state index in [0.29, 0.717) is 18.0 Å². The van der Waals surface area contributed by atoms with Crippen molar-refractivity contribution in [3.63, 3.8) is 0 Å². The molecule has 0 spiro atoms. The van der Waals surface area contributed by atoms with Crippen LogP contribution in [-0.2, 0) is 21.8 Å². The molecule has 0 unspecified atom stereocenters. The molecule has 0 atom stereocenters. The van der Waals surface area contributed by atoms with Gasteiger partial charge in [-0.05, 0) is 39.8 Å². The van der Waals surface area contributed by atoms with Gasteiger partial charge >= 0.3 is 0 Å². The van der Waals surface area contributed by atoms with Crippen molar-refractivity contribution in [3.8, 4) is 0 Å². The molecule has 1 saturated heterocycles. The Labute approximate surface area is 126 Å². The molecule has 0 bridgehead atoms. The molecule has 1 aromatic heterocycles. The molecular weight excluding hydrogens is 292 g/mol. The zero-order chi connectivity index (χ0) is 15.5. The van der Waals surface area contributed by atoms with E-state index in [0.717, 1.165) is 25.9 Å². The maximum atomic E-state index is 12.3. The van der Waals surface area contributed by atoms with Crippen molar-refractivity contribution in [1.29, 1.82) is 0 Å². The Kier molecular flexibility index (Phi) is 5.37. The average Bonchev–Trinajstić information content (AvgIpc) is 2.70. The van der Waals surface area contributed by atoms with Crippen LogP contribution in [0.15, 0.2) is 4.90 Å². The molecule has 1 fully saturated rings. The van der Waals surface area contributed by atoms with Crippen molar-refractivity contribution in [1.82, 2.24) is 19.8 Å². The zero-order valence-corrected chi connectivity index (χ0v) is 13.7. The lowest BCUT2D eigenvalue weighted by atomic mass is 10.1. The Morgan fingerprint density at radius 1 is 1.38 bits per heavy atom. The Bertz CT molecular complexity index is 576. The lowest BCUT2D eigenvalue weighted by molar-refractivity contribution is 0.0367. The van der Waals surface area contributed by atoms with E-state index in [9.17, 15) is 8.42 Å². The normalized spacial score (nSPS) is 17.3. The van der Waals surface area contributed by atoms with Gasteiger partial charge in [0.05, 0.1) is 24.1 Å². The second-order valence-corrected chi connectivity index (χ2v) is 7.05. The molecule has 0 amide bonds. The minimum atomic E-state index is -3.53. The van der Waals surface area contributed by atoms with Gasteiger partial charge in [-0.15, -0.1) is 0 Å². The average molecular weight is 316 g/mol. The highest BCUT2D eigenvalue weighted by molar-refractivity contribution is 7.89. The van der Waals surface area contributed by atoms with E-state index < -0.39 is 10.0 Å². The lowest BCUT2D eigenvalue weighted by Gasteiger charge is -2.22. The van der Waals surface area contributed by atoms with Gasteiger partial charge in [-0.1, -0.05) is 0 Å². The molecule has 8 heteroatoms. The van der Waals surface area contributed by atoms with Crippen molar-refractivity contribution < 1.29 is 13.2 Å². The molecule has 1 aromatic rings. The number of ether oxygens (including phenoxy) is 1. The van der Waals surface area contributed by atoms with Gasteiger partial charge in [0.1, 0.15) is 4.90 Å². The molecule has 0 saturated carbocycles. The van der Waals surface area contributed by atoms with Crippen LogP contribution < -0.4 is 10.0 Å². The summed E-state index contributed by atoms with van der Waals surface area (Å²) in [4.78, 5) is 0.270. The number of hydrogen-bond donors (Lipinski definition) is 2. The van der Waals surface area contributed by atoms with Crippen LogP contribution in [0, 0.1) is 13.8 Å². The van der Waals surface area contributed by atoms with Crippen molar-refractivity contribution in [3.05, 3.63) is 11.4 Å². The first-order chi connectivity index (χ1) is 9.92. The first kappa shape index (κ1) is 16.4. The predicted octanol–water partition coefficient (Wildman–Crippen LogP) is 0.0838. The second-order valence-electron chi connectivity index (χ2n) is 5.34. The largest absolute Gasteiger partial charge is 0.377 e. The number of nitrogens with one attached hydrogen (secondary N) is 2. The van der Waals surface area contributed by atoms with E-state index in [1.54, 1.807) is 25.6 Å². The van der Waals surface area contributed by atoms with E-state index in [1.165, 1.54) is 0 Å². The molecule has 2 heterocycles. The topological polar surface area (TPSA) is 85.2 Å². The van der Waals surface area contributed by atoms with Crippen LogP contribution in [0.1, 0.15) is 24.2 Å². The Morgan fingerprint density at radius 3 is 2.62 bits per heavy atom. The molecule has 2 rings (SSSR count). The van der Waals surface area contributed by atoms with Crippen LogP contribution in [0.2, 0.25) is 0 Å². The molecular formula is C13H24N4O3S. The van der Waals surface area contributed by atoms with Crippen molar-refractivity contribution in [2.75, 3.05) is 26.2 Å². The number of sulfonamides is 1. The van der Waals surface area contributed by atoms with Crippen LogP contribution in [0.3, 0.4) is 0 Å². The third-order valence-corrected chi connectivity index (χ3v) is 5.46. The molecule has 21 heavy (non-hydrogen) atoms. The lowest BCUT2D eigenvalue weighted by Crippen LogP contribution is -2.35. The smallest absolute Gasteiger partial charge is 0.244 e. The van der Waals surface area contributed by atoms with Gasteiger partial charge in [0, 0.05) is 13.6 Å². The molecule has 2 N–H and O–H groups in total. The van der Waals surface area contributed by atoms with Gasteiger partial charge in [0.2, 0.25) is 10.0 Å². The van der Waals surface area contributed by atoms with Gasteiger partial charge < -0.3 is 10.1 Å². The number of rotatable bonds is 6. The maximum Gasteiger partial charge on any atom is 0.244 e. The minimum Gasteiger partial charge on any atom is -0.377 e. The third kappa shape index (κ3) is 4.03. The quantitative estimate of drug-likeness (QED) is 0.726. The summed E-state index contributed by atoms with van der Waals surface area (Å²) < 4.78 is 34.5. The summed E-state index contributed by atoms with van der Waals surface area (Å²) in [5.41, 5.74) is 1.15. The summed E-state index contributed by atoms with van der Waals surface area (Å²) in [6, 6.07) is 0. The molecule has 1 aliphatic heterocycles. The van der Waals surface area contributed by atoms with Crippen LogP contribution in [-0.4, -0.2) is 50.5 Å². The second kappa shape index (κ2) is 6.87. The summed E-state index contributed by atoms with van der Waals surface area (Å²) in [6.07, 6.45) is 2.19. The molecule has 0 radical (unpaired) electrons. The maximum absolute atomic E-state index is 12.3. The first-order valence-corrected chi connectivity index (χ1v) is 8.72. The molecule has 1 aliphatic rings. The fourth-order valence-electron chi connectivity index (χ4n) is 2.58. The van der Waals surface area contributed by atoms with E-state index >= 15 is 0 Å². The Balaban J connectivity index is 1.86. The summed E-state index contributed by atoms with van der Waals surface area (Å²) in [6.45, 7) is 6.05. The van der Waals surface area contributed by atoms with Crippen LogP contribution in [0.5, 0.6) is 0 Å². The van der Waals surface area contributed by atoms with E-state index in [4.69, 9.17) is 4.74 Å². The van der Waals surface area contributed by atoms with Gasteiger partial charge in [-0.3, -0.25) is 4.68 Å². The number of hydrogen-bond acceptors (Lipinski definition) is 5. The van der Waals surface area contributed by atoms with Gasteiger partial charge in [-0.2, -0.15) is 5.10 Å². The first-order valence-electron chi connectivity index (χ1n) is 7.24. The highest BCUT2D eigenvalue weighted by atomic mass is 32.2. The van der Waals surface area contributed by atoms with Gasteiger partial charge in [0.25, 0.3) is 0 Å². The van der Waals surface area contributed by atoms with Gasteiger partial charge in [0.15, 0.2) is 0 Å². The van der Waals surface area contributed by atoms with Crippen molar-refractivity contribution in [2.45, 2.75) is 37.7 Å². The van der Waals surface area contributed by atoms with Crippen molar-refractivity contribution in [2.24, 2.45) is 7.05 Å². The Morgan fingerprint density at radius 2 is 2.05 bits per heavy atom. The number of piperidine rings is 1. The number of nitrogens with zero attached hydrogens (tertiary/aromatic N) is 2. The molecule has 0 aromatic carbocycles. The molecule has 120 valence electrons. The monoisotopic (exact) mass is 316 g/mol. The standard InChI is InChI=1S/C13H24N4O3S/c1-10-13(11(2)17(3)16-10)21(18,19)15-8-9-20-12-4-6-14-7-5-12/h12,14-15H,4-9H2,1-3H3. The zero-order valence-electron chi connectivity index (χ0n) is 12.8. The molecule has 0 aliphatic carbocycles. The van der Waals surface area contributed by atoms with E-state index in [-0.39, 0.29) is 17.5 Å². The summed E-state index contributed by atoms with van der Waals surface area (Å²) in [7, 11) is -1.79. The van der Waals surface area contributed by atoms with Crippen molar-refractivity contribution >= 4 is 10.0 Å². The van der Waals surface area contributed by atoms with E-state index in [1.807, 2.05) is 0 Å². The number of aryl methyl sites for hydroxylation is 2. The van der Waals surface area contributed by atoms with Crippen LogP contribution in [0.25, 0.3) is 0 Å². The number of aromatic nitrogens is 2. The third-order valence-electron chi connectivity index (χ3n) is 3.75. The predicted molar refractivity (Wildman–Crippen MR) is 79.7 cm³/mol. The van der Waals surface area contributed by atoms with E-state index in [2.05, 4.69) is 15.1 Å². The fourth-order valence-corrected chi connectivity index (χ4v) is 4.03.